The van der Waals surface area contributed by atoms with Gasteiger partial charge in [-0.25, -0.2) is 9.78 Å². The zero-order valence-corrected chi connectivity index (χ0v) is 14.7. The molecule has 1 heterocycles. The lowest BCUT2D eigenvalue weighted by Gasteiger charge is -2.20. The number of aromatic carboxylic acids is 1. The maximum atomic E-state index is 12.3. The number of amides is 1. The molecule has 0 aliphatic heterocycles. The van der Waals surface area contributed by atoms with Crippen molar-refractivity contribution in [2.45, 2.75) is 26.7 Å². The number of carboxylic acid groups (broad SMARTS) is 1. The Labute approximate surface area is 147 Å². The summed E-state index contributed by atoms with van der Waals surface area (Å²) in [4.78, 5) is 29.9. The third-order valence-electron chi connectivity index (χ3n) is 3.88. The van der Waals surface area contributed by atoms with Crippen LogP contribution in [0.5, 0.6) is 0 Å². The van der Waals surface area contributed by atoms with Crippen molar-refractivity contribution in [1.82, 2.24) is 4.98 Å². The molecule has 0 saturated carbocycles. The molecule has 6 nitrogen and oxygen atoms in total. The van der Waals surface area contributed by atoms with Crippen LogP contribution in [0.15, 0.2) is 36.5 Å². The number of carboxylic acids is 1. The number of aromatic nitrogens is 1. The Balaban J connectivity index is 2.22. The molecule has 0 radical (unpaired) electrons. The van der Waals surface area contributed by atoms with Crippen LogP contribution in [0.4, 0.5) is 11.5 Å². The first kappa shape index (κ1) is 18.4. The highest BCUT2D eigenvalue weighted by molar-refractivity contribution is 6.05. The second-order valence-corrected chi connectivity index (χ2v) is 6.00. The zero-order chi connectivity index (χ0) is 18.4. The van der Waals surface area contributed by atoms with Crippen LogP contribution in [0, 0.1) is 6.92 Å². The standard InChI is InChI=1S/C19H23N3O3/c1-4-5-10-22(3)17-16(19(24)25)11-15(12-20-17)21-18(23)14-8-6-13(2)7-9-14/h6-9,11-12H,4-5,10H2,1-3H3,(H,21,23)(H,24,25). The van der Waals surface area contributed by atoms with Gasteiger partial charge < -0.3 is 15.3 Å². The fourth-order valence-corrected chi connectivity index (χ4v) is 2.40. The van der Waals surface area contributed by atoms with Crippen molar-refractivity contribution in [3.63, 3.8) is 0 Å². The van der Waals surface area contributed by atoms with E-state index in [0.29, 0.717) is 17.1 Å². The van der Waals surface area contributed by atoms with Crippen LogP contribution in [0.1, 0.15) is 46.0 Å². The maximum Gasteiger partial charge on any atom is 0.339 e. The predicted molar refractivity (Wildman–Crippen MR) is 98.5 cm³/mol. The number of benzene rings is 1. The topological polar surface area (TPSA) is 82.5 Å². The van der Waals surface area contributed by atoms with Gasteiger partial charge in [0.15, 0.2) is 0 Å². The van der Waals surface area contributed by atoms with E-state index in [0.717, 1.165) is 24.9 Å². The quantitative estimate of drug-likeness (QED) is 0.804. The predicted octanol–water partition coefficient (Wildman–Crippen LogP) is 3.58. The van der Waals surface area contributed by atoms with E-state index in [1.807, 2.05) is 31.0 Å². The molecule has 1 aromatic carbocycles. The Hall–Kier alpha value is -2.89. The van der Waals surface area contributed by atoms with E-state index in [2.05, 4.69) is 17.2 Å². The van der Waals surface area contributed by atoms with E-state index >= 15 is 0 Å². The van der Waals surface area contributed by atoms with Gasteiger partial charge in [0, 0.05) is 19.2 Å². The minimum absolute atomic E-state index is 0.0697. The highest BCUT2D eigenvalue weighted by atomic mass is 16.4. The van der Waals surface area contributed by atoms with Crippen LogP contribution < -0.4 is 10.2 Å². The number of hydrogen-bond donors (Lipinski definition) is 2. The number of nitrogens with one attached hydrogen (secondary N) is 1. The van der Waals surface area contributed by atoms with Gasteiger partial charge in [0.05, 0.1) is 11.9 Å². The van der Waals surface area contributed by atoms with Crippen molar-refractivity contribution in [2.24, 2.45) is 0 Å². The van der Waals surface area contributed by atoms with Gasteiger partial charge >= 0.3 is 5.97 Å². The summed E-state index contributed by atoms with van der Waals surface area (Å²) in [7, 11) is 1.81. The molecule has 0 aliphatic rings. The average molecular weight is 341 g/mol. The van der Waals surface area contributed by atoms with Crippen LogP contribution in [0.25, 0.3) is 0 Å². The van der Waals surface area contributed by atoms with Crippen molar-refractivity contribution in [3.05, 3.63) is 53.2 Å². The van der Waals surface area contributed by atoms with Gasteiger partial charge in [0.2, 0.25) is 0 Å². The molecular weight excluding hydrogens is 318 g/mol. The van der Waals surface area contributed by atoms with Crippen molar-refractivity contribution in [1.29, 1.82) is 0 Å². The van der Waals surface area contributed by atoms with E-state index in [4.69, 9.17) is 0 Å². The normalized spacial score (nSPS) is 10.4. The van der Waals surface area contributed by atoms with Crippen LogP contribution >= 0.6 is 0 Å². The number of hydrogen-bond acceptors (Lipinski definition) is 4. The third kappa shape index (κ3) is 4.79. The Kier molecular flexibility index (Phi) is 6.11. The highest BCUT2D eigenvalue weighted by Crippen LogP contribution is 2.21. The monoisotopic (exact) mass is 341 g/mol. The number of unbranched alkanes of at least 4 members (excludes halogenated alkanes) is 1. The zero-order valence-electron chi connectivity index (χ0n) is 14.7. The maximum absolute atomic E-state index is 12.3. The average Bonchev–Trinajstić information content (AvgIpc) is 2.60. The molecule has 0 unspecified atom stereocenters. The molecular formula is C19H23N3O3. The molecule has 1 amide bonds. The van der Waals surface area contributed by atoms with Crippen molar-refractivity contribution in [2.75, 3.05) is 23.8 Å². The molecule has 0 bridgehead atoms. The molecule has 2 N–H and O–H groups in total. The van der Waals surface area contributed by atoms with Gasteiger partial charge in [-0.3, -0.25) is 4.79 Å². The van der Waals surface area contributed by atoms with Crippen LogP contribution in [-0.4, -0.2) is 35.6 Å². The van der Waals surface area contributed by atoms with Gasteiger partial charge in [-0.1, -0.05) is 31.0 Å². The van der Waals surface area contributed by atoms with Crippen molar-refractivity contribution < 1.29 is 14.7 Å². The lowest BCUT2D eigenvalue weighted by Crippen LogP contribution is -2.23. The summed E-state index contributed by atoms with van der Waals surface area (Å²) in [6.07, 6.45) is 3.44. The Bertz CT molecular complexity index is 757. The summed E-state index contributed by atoms with van der Waals surface area (Å²) in [6, 6.07) is 8.59. The van der Waals surface area contributed by atoms with Gasteiger partial charge in [-0.15, -0.1) is 0 Å². The summed E-state index contributed by atoms with van der Waals surface area (Å²) >= 11 is 0. The Morgan fingerprint density at radius 3 is 2.52 bits per heavy atom. The Morgan fingerprint density at radius 1 is 1.24 bits per heavy atom. The number of nitrogens with zero attached hydrogens (tertiary/aromatic N) is 2. The van der Waals surface area contributed by atoms with E-state index in [-0.39, 0.29) is 11.5 Å². The Morgan fingerprint density at radius 2 is 1.92 bits per heavy atom. The van der Waals surface area contributed by atoms with Gasteiger partial charge in [-0.05, 0) is 31.5 Å². The first-order valence-electron chi connectivity index (χ1n) is 8.25. The van der Waals surface area contributed by atoms with E-state index in [1.54, 1.807) is 12.1 Å². The number of carbonyl (C=O) groups is 2. The lowest BCUT2D eigenvalue weighted by atomic mass is 10.1. The number of aryl methyl sites for hydroxylation is 1. The fraction of sp³-hybridized carbons (Fsp3) is 0.316. The molecule has 6 heteroatoms. The lowest BCUT2D eigenvalue weighted by molar-refractivity contribution is 0.0697. The molecule has 0 atom stereocenters. The first-order valence-corrected chi connectivity index (χ1v) is 8.25. The molecule has 0 aliphatic carbocycles. The summed E-state index contributed by atoms with van der Waals surface area (Å²) < 4.78 is 0. The van der Waals surface area contributed by atoms with Gasteiger partial charge in [0.1, 0.15) is 11.4 Å². The number of carbonyl (C=O) groups excluding carboxylic acids is 1. The van der Waals surface area contributed by atoms with E-state index in [1.165, 1.54) is 12.3 Å². The summed E-state index contributed by atoms with van der Waals surface area (Å²) in [5.41, 5.74) is 1.99. The fourth-order valence-electron chi connectivity index (χ4n) is 2.40. The molecule has 2 rings (SSSR count). The second kappa shape index (κ2) is 8.28. The second-order valence-electron chi connectivity index (χ2n) is 6.00. The third-order valence-corrected chi connectivity index (χ3v) is 3.88. The summed E-state index contributed by atoms with van der Waals surface area (Å²) in [5, 5.41) is 12.2. The minimum Gasteiger partial charge on any atom is -0.478 e. The van der Waals surface area contributed by atoms with Crippen LogP contribution in [-0.2, 0) is 0 Å². The molecule has 132 valence electrons. The number of rotatable bonds is 7. The SMILES string of the molecule is CCCCN(C)c1ncc(NC(=O)c2ccc(C)cc2)cc1C(=O)O. The first-order chi connectivity index (χ1) is 11.9. The molecule has 0 spiro atoms. The largest absolute Gasteiger partial charge is 0.478 e. The van der Waals surface area contributed by atoms with Crippen molar-refractivity contribution >= 4 is 23.4 Å². The van der Waals surface area contributed by atoms with Crippen molar-refractivity contribution in [3.8, 4) is 0 Å². The smallest absolute Gasteiger partial charge is 0.339 e. The minimum atomic E-state index is -1.07. The van der Waals surface area contributed by atoms with E-state index < -0.39 is 5.97 Å². The number of pyridine rings is 1. The van der Waals surface area contributed by atoms with E-state index in [9.17, 15) is 14.7 Å². The van der Waals surface area contributed by atoms with Crippen LogP contribution in [0.2, 0.25) is 0 Å². The molecule has 25 heavy (non-hydrogen) atoms. The summed E-state index contributed by atoms with van der Waals surface area (Å²) in [6.45, 7) is 4.74. The molecule has 1 aromatic heterocycles. The van der Waals surface area contributed by atoms with Crippen LogP contribution in [0.3, 0.4) is 0 Å². The summed E-state index contributed by atoms with van der Waals surface area (Å²) in [5.74, 6) is -0.975. The van der Waals surface area contributed by atoms with Gasteiger partial charge in [0.25, 0.3) is 5.91 Å². The molecule has 0 fully saturated rings. The number of anilines is 2. The molecule has 2 aromatic rings. The van der Waals surface area contributed by atoms with Gasteiger partial charge in [-0.2, -0.15) is 0 Å². The highest BCUT2D eigenvalue weighted by Gasteiger charge is 2.17. The molecule has 0 saturated heterocycles.